The number of nitrogens with one attached hydrogen (secondary N) is 1. The molecule has 1 atom stereocenters. The van der Waals surface area contributed by atoms with Gasteiger partial charge in [0.2, 0.25) is 0 Å². The molecule has 1 aromatic heterocycles. The molecule has 0 spiro atoms. The minimum atomic E-state index is 0.373. The van der Waals surface area contributed by atoms with Gasteiger partial charge < -0.3 is 5.32 Å². The fraction of sp³-hybridized carbons (Fsp3) is 0.450. The van der Waals surface area contributed by atoms with Crippen molar-refractivity contribution in [1.29, 1.82) is 0 Å². The van der Waals surface area contributed by atoms with Crippen LogP contribution in [-0.4, -0.2) is 54.1 Å². The highest BCUT2D eigenvalue weighted by Crippen LogP contribution is 2.27. The summed E-state index contributed by atoms with van der Waals surface area (Å²) in [6, 6.07) is 15.6. The predicted octanol–water partition coefficient (Wildman–Crippen LogP) is 2.09. The van der Waals surface area contributed by atoms with Crippen LogP contribution in [0, 0.1) is 0 Å². The number of hydrogen-bond acceptors (Lipinski definition) is 4. The zero-order chi connectivity index (χ0) is 16.2. The molecule has 126 valence electrons. The van der Waals surface area contributed by atoms with E-state index in [4.69, 9.17) is 4.98 Å². The normalized spacial score (nSPS) is 20.5. The third-order valence-corrected chi connectivity index (χ3v) is 5.27. The van der Waals surface area contributed by atoms with Crippen LogP contribution in [0.5, 0.6) is 0 Å². The Kier molecular flexibility index (Phi) is 4.88. The monoisotopic (exact) mass is 322 g/mol. The zero-order valence-electron chi connectivity index (χ0n) is 14.2. The maximum absolute atomic E-state index is 4.69. The molecule has 0 bridgehead atoms. The number of rotatable bonds is 4. The average Bonchev–Trinajstić information content (AvgIpc) is 2.67. The second-order valence-corrected chi connectivity index (χ2v) is 6.81. The van der Waals surface area contributed by atoms with Crippen LogP contribution in [0.2, 0.25) is 0 Å². The van der Waals surface area contributed by atoms with Crippen molar-refractivity contribution in [3.63, 3.8) is 0 Å². The lowest BCUT2D eigenvalue weighted by molar-refractivity contribution is 0.116. The van der Waals surface area contributed by atoms with Crippen molar-refractivity contribution in [2.75, 3.05) is 39.3 Å². The predicted molar refractivity (Wildman–Crippen MR) is 96.8 cm³/mol. The summed E-state index contributed by atoms with van der Waals surface area (Å²) in [5.74, 6) is 0. The summed E-state index contributed by atoms with van der Waals surface area (Å²) in [6.07, 6.45) is 3.07. The van der Waals surface area contributed by atoms with Crippen LogP contribution in [0.4, 0.5) is 0 Å². The van der Waals surface area contributed by atoms with Gasteiger partial charge >= 0.3 is 0 Å². The summed E-state index contributed by atoms with van der Waals surface area (Å²) < 4.78 is 0. The smallest absolute Gasteiger partial charge is 0.0652 e. The molecule has 2 aliphatic rings. The molecule has 1 N–H and O–H groups in total. The molecule has 3 heterocycles. The topological polar surface area (TPSA) is 31.4 Å². The lowest BCUT2D eigenvalue weighted by Gasteiger charge is -2.39. The molecule has 4 nitrogen and oxygen atoms in total. The van der Waals surface area contributed by atoms with Crippen LogP contribution < -0.4 is 5.32 Å². The van der Waals surface area contributed by atoms with E-state index in [2.05, 4.69) is 51.5 Å². The van der Waals surface area contributed by atoms with Crippen LogP contribution >= 0.6 is 0 Å². The largest absolute Gasteiger partial charge is 0.314 e. The highest BCUT2D eigenvalue weighted by atomic mass is 15.2. The van der Waals surface area contributed by atoms with E-state index in [9.17, 15) is 0 Å². The minimum absolute atomic E-state index is 0.373. The first kappa shape index (κ1) is 15.8. The van der Waals surface area contributed by atoms with Crippen LogP contribution in [-0.2, 0) is 13.0 Å². The van der Waals surface area contributed by atoms with Gasteiger partial charge in [0.15, 0.2) is 0 Å². The number of aromatic nitrogens is 1. The summed E-state index contributed by atoms with van der Waals surface area (Å²) in [4.78, 5) is 9.89. The number of pyridine rings is 1. The molecule has 1 fully saturated rings. The van der Waals surface area contributed by atoms with E-state index >= 15 is 0 Å². The SMILES string of the molecule is c1ccc(C(CN2CCNCC2)N2CCc3ccccc3C2)nc1. The molecule has 24 heavy (non-hydrogen) atoms. The Labute approximate surface area is 144 Å². The van der Waals surface area contributed by atoms with Gasteiger partial charge in [-0.05, 0) is 29.7 Å². The van der Waals surface area contributed by atoms with E-state index < -0.39 is 0 Å². The lowest BCUT2D eigenvalue weighted by atomic mass is 9.97. The number of piperazine rings is 1. The van der Waals surface area contributed by atoms with Crippen molar-refractivity contribution in [1.82, 2.24) is 20.1 Å². The van der Waals surface area contributed by atoms with E-state index in [-0.39, 0.29) is 0 Å². The molecule has 0 saturated carbocycles. The van der Waals surface area contributed by atoms with Gasteiger partial charge in [-0.15, -0.1) is 0 Å². The van der Waals surface area contributed by atoms with Crippen molar-refractivity contribution in [3.05, 3.63) is 65.5 Å². The van der Waals surface area contributed by atoms with Gasteiger partial charge in [0.25, 0.3) is 0 Å². The molecule has 1 saturated heterocycles. The summed E-state index contributed by atoms with van der Waals surface area (Å²) in [7, 11) is 0. The lowest BCUT2D eigenvalue weighted by Crippen LogP contribution is -2.48. The van der Waals surface area contributed by atoms with Crippen molar-refractivity contribution in [2.45, 2.75) is 19.0 Å². The van der Waals surface area contributed by atoms with Gasteiger partial charge in [-0.1, -0.05) is 30.3 Å². The number of nitrogens with zero attached hydrogens (tertiary/aromatic N) is 3. The van der Waals surface area contributed by atoms with Crippen molar-refractivity contribution < 1.29 is 0 Å². The Morgan fingerprint density at radius 1 is 0.958 bits per heavy atom. The molecule has 4 heteroatoms. The second-order valence-electron chi connectivity index (χ2n) is 6.81. The summed E-state index contributed by atoms with van der Waals surface area (Å²) in [5, 5.41) is 3.45. The first-order chi connectivity index (χ1) is 11.9. The maximum atomic E-state index is 4.69. The Hall–Kier alpha value is -1.75. The van der Waals surface area contributed by atoms with Gasteiger partial charge in [-0.25, -0.2) is 0 Å². The number of hydrogen-bond donors (Lipinski definition) is 1. The van der Waals surface area contributed by atoms with E-state index in [0.717, 1.165) is 52.2 Å². The highest BCUT2D eigenvalue weighted by Gasteiger charge is 2.27. The summed E-state index contributed by atoms with van der Waals surface area (Å²) in [6.45, 7) is 7.67. The molecule has 2 aliphatic heterocycles. The van der Waals surface area contributed by atoms with E-state index in [1.165, 1.54) is 16.8 Å². The Morgan fingerprint density at radius 2 is 1.75 bits per heavy atom. The molecule has 1 aromatic carbocycles. The quantitative estimate of drug-likeness (QED) is 0.934. The third-order valence-electron chi connectivity index (χ3n) is 5.27. The molecule has 0 radical (unpaired) electrons. The molecule has 0 aliphatic carbocycles. The van der Waals surface area contributed by atoms with Gasteiger partial charge in [-0.2, -0.15) is 0 Å². The maximum Gasteiger partial charge on any atom is 0.0652 e. The van der Waals surface area contributed by atoms with Gasteiger partial charge in [0.05, 0.1) is 11.7 Å². The van der Waals surface area contributed by atoms with Gasteiger partial charge in [-0.3, -0.25) is 14.8 Å². The Bertz CT molecular complexity index is 652. The molecule has 0 amide bonds. The zero-order valence-corrected chi connectivity index (χ0v) is 14.2. The van der Waals surface area contributed by atoms with E-state index in [0.29, 0.717) is 6.04 Å². The molecule has 1 unspecified atom stereocenters. The van der Waals surface area contributed by atoms with Gasteiger partial charge in [0, 0.05) is 52.0 Å². The fourth-order valence-corrected chi connectivity index (χ4v) is 3.89. The second kappa shape index (κ2) is 7.43. The molecule has 2 aromatic rings. The molecule has 4 rings (SSSR count). The molecular formula is C20H26N4. The Morgan fingerprint density at radius 3 is 2.54 bits per heavy atom. The average molecular weight is 322 g/mol. The van der Waals surface area contributed by atoms with Crippen molar-refractivity contribution in [3.8, 4) is 0 Å². The van der Waals surface area contributed by atoms with Crippen LogP contribution in [0.1, 0.15) is 22.9 Å². The van der Waals surface area contributed by atoms with Crippen LogP contribution in [0.25, 0.3) is 0 Å². The summed E-state index contributed by atoms with van der Waals surface area (Å²) >= 11 is 0. The van der Waals surface area contributed by atoms with Crippen LogP contribution in [0.15, 0.2) is 48.7 Å². The first-order valence-electron chi connectivity index (χ1n) is 9.05. The van der Waals surface area contributed by atoms with E-state index in [1.54, 1.807) is 0 Å². The highest BCUT2D eigenvalue weighted by molar-refractivity contribution is 5.29. The Balaban J connectivity index is 1.56. The third kappa shape index (κ3) is 3.51. The van der Waals surface area contributed by atoms with Crippen LogP contribution in [0.3, 0.4) is 0 Å². The van der Waals surface area contributed by atoms with Crippen molar-refractivity contribution in [2.24, 2.45) is 0 Å². The van der Waals surface area contributed by atoms with E-state index in [1.807, 2.05) is 12.3 Å². The fourth-order valence-electron chi connectivity index (χ4n) is 3.89. The standard InChI is InChI=1S/C20H26N4/c1-2-6-18-15-24(12-8-17(18)5-1)20(19-7-3-4-9-22-19)16-23-13-10-21-11-14-23/h1-7,9,20-21H,8,10-16H2. The van der Waals surface area contributed by atoms with Crippen molar-refractivity contribution >= 4 is 0 Å². The number of benzene rings is 1. The van der Waals surface area contributed by atoms with Gasteiger partial charge in [0.1, 0.15) is 0 Å². The minimum Gasteiger partial charge on any atom is -0.314 e. The number of fused-ring (bicyclic) bond motifs is 1. The molecular weight excluding hydrogens is 296 g/mol. The first-order valence-corrected chi connectivity index (χ1v) is 9.05. The summed E-state index contributed by atoms with van der Waals surface area (Å²) in [5.41, 5.74) is 4.19.